The molecule has 0 radical (unpaired) electrons. The summed E-state index contributed by atoms with van der Waals surface area (Å²) in [5.74, 6) is 0.189. The molecule has 0 unspecified atom stereocenters. The van der Waals surface area contributed by atoms with Crippen molar-refractivity contribution in [3.8, 4) is 0 Å². The zero-order chi connectivity index (χ0) is 24.1. The zero-order valence-corrected chi connectivity index (χ0v) is 20.0. The van der Waals surface area contributed by atoms with Crippen molar-refractivity contribution in [1.29, 1.82) is 0 Å². The van der Waals surface area contributed by atoms with Crippen LogP contribution in [0, 0.1) is 19.8 Å². The number of carboxylic acids is 1. The Morgan fingerprint density at radius 3 is 2.85 bits per heavy atom. The summed E-state index contributed by atoms with van der Waals surface area (Å²) in [5, 5.41) is 15.6. The van der Waals surface area contributed by atoms with E-state index in [9.17, 15) is 14.7 Å². The Labute approximate surface area is 200 Å². The molecule has 34 heavy (non-hydrogen) atoms. The van der Waals surface area contributed by atoms with E-state index in [-0.39, 0.29) is 12.5 Å². The minimum Gasteiger partial charge on any atom is -0.480 e. The first-order chi connectivity index (χ1) is 16.4. The van der Waals surface area contributed by atoms with Crippen molar-refractivity contribution in [3.05, 3.63) is 52.5 Å². The van der Waals surface area contributed by atoms with Crippen LogP contribution < -0.4 is 10.6 Å². The first-order valence-electron chi connectivity index (χ1n) is 12.2. The molecule has 182 valence electrons. The molecule has 1 atom stereocenters. The molecule has 1 aliphatic heterocycles. The maximum atomic E-state index is 12.6. The Kier molecular flexibility index (Phi) is 7.77. The van der Waals surface area contributed by atoms with Gasteiger partial charge in [0.25, 0.3) is 5.91 Å². The quantitative estimate of drug-likeness (QED) is 0.491. The van der Waals surface area contributed by atoms with Gasteiger partial charge in [-0.15, -0.1) is 0 Å². The molecule has 0 aromatic carbocycles. The maximum Gasteiger partial charge on any atom is 0.326 e. The Hall–Kier alpha value is -3.00. The number of aliphatic carboxylic acids is 1. The van der Waals surface area contributed by atoms with Gasteiger partial charge in [0.1, 0.15) is 11.9 Å². The van der Waals surface area contributed by atoms with E-state index in [1.165, 1.54) is 12.0 Å². The number of ether oxygens (including phenoxy) is 1. The fourth-order valence-electron chi connectivity index (χ4n) is 4.78. The highest BCUT2D eigenvalue weighted by atomic mass is 16.5. The summed E-state index contributed by atoms with van der Waals surface area (Å²) in [4.78, 5) is 33.2. The van der Waals surface area contributed by atoms with Crippen LogP contribution in [-0.2, 0) is 22.4 Å². The van der Waals surface area contributed by atoms with Crippen LogP contribution in [0.15, 0.2) is 24.4 Å². The smallest absolute Gasteiger partial charge is 0.326 e. The van der Waals surface area contributed by atoms with Crippen LogP contribution in [0.25, 0.3) is 0 Å². The Bertz CT molecular complexity index is 1020. The topological polar surface area (TPSA) is 113 Å². The van der Waals surface area contributed by atoms with Crippen LogP contribution >= 0.6 is 0 Å². The van der Waals surface area contributed by atoms with Crippen molar-refractivity contribution < 1.29 is 19.4 Å². The predicted octanol–water partition coefficient (Wildman–Crippen LogP) is 3.45. The molecule has 8 heteroatoms. The summed E-state index contributed by atoms with van der Waals surface area (Å²) in [6.45, 7) is 4.86. The molecule has 4 rings (SSSR count). The van der Waals surface area contributed by atoms with E-state index in [4.69, 9.17) is 9.72 Å². The van der Waals surface area contributed by atoms with Gasteiger partial charge >= 0.3 is 5.97 Å². The number of nitrogens with one attached hydrogen (secondary N) is 2. The van der Waals surface area contributed by atoms with Crippen molar-refractivity contribution >= 4 is 17.7 Å². The number of nitrogens with zero attached hydrogens (tertiary/aromatic N) is 2. The van der Waals surface area contributed by atoms with E-state index in [0.29, 0.717) is 23.8 Å². The Morgan fingerprint density at radius 1 is 1.26 bits per heavy atom. The Balaban J connectivity index is 1.17. The van der Waals surface area contributed by atoms with E-state index in [1.807, 2.05) is 6.92 Å². The van der Waals surface area contributed by atoms with Gasteiger partial charge in [0.2, 0.25) is 0 Å². The van der Waals surface area contributed by atoms with Crippen LogP contribution in [0.2, 0.25) is 0 Å². The maximum absolute atomic E-state index is 12.6. The molecule has 2 aromatic rings. The van der Waals surface area contributed by atoms with E-state index in [2.05, 4.69) is 27.8 Å². The van der Waals surface area contributed by atoms with Crippen LogP contribution in [0.1, 0.15) is 65.0 Å². The Morgan fingerprint density at radius 2 is 2.09 bits per heavy atom. The molecule has 1 fully saturated rings. The molecular formula is C26H34N4O4. The SMILES string of the molecule is Cc1ccnc(C)c1C(=O)N[C@H](CCOC1CC(CCc2ccc3c(n2)NCCC3)C1)C(=O)O. The first kappa shape index (κ1) is 24.1. The van der Waals surface area contributed by atoms with Gasteiger partial charge < -0.3 is 20.5 Å². The molecule has 2 aliphatic rings. The number of anilines is 1. The predicted molar refractivity (Wildman–Crippen MR) is 129 cm³/mol. The van der Waals surface area contributed by atoms with Crippen molar-refractivity contribution in [2.75, 3.05) is 18.5 Å². The third-order valence-corrected chi connectivity index (χ3v) is 6.89. The lowest BCUT2D eigenvalue weighted by molar-refractivity contribution is -0.140. The second-order valence-electron chi connectivity index (χ2n) is 9.45. The van der Waals surface area contributed by atoms with Gasteiger partial charge in [-0.3, -0.25) is 9.78 Å². The molecule has 1 saturated carbocycles. The van der Waals surface area contributed by atoms with Crippen molar-refractivity contribution in [1.82, 2.24) is 15.3 Å². The minimum atomic E-state index is -1.06. The average Bonchev–Trinajstić information content (AvgIpc) is 2.78. The summed E-state index contributed by atoms with van der Waals surface area (Å²) < 4.78 is 5.90. The van der Waals surface area contributed by atoms with Gasteiger partial charge in [-0.1, -0.05) is 6.07 Å². The highest BCUT2D eigenvalue weighted by molar-refractivity contribution is 5.98. The van der Waals surface area contributed by atoms with Crippen molar-refractivity contribution in [2.45, 2.75) is 70.9 Å². The van der Waals surface area contributed by atoms with Crippen LogP contribution in [0.5, 0.6) is 0 Å². The molecule has 1 amide bonds. The highest BCUT2D eigenvalue weighted by Crippen LogP contribution is 2.34. The van der Waals surface area contributed by atoms with Gasteiger partial charge in [-0.2, -0.15) is 0 Å². The average molecular weight is 467 g/mol. The number of amides is 1. The molecule has 1 aliphatic carbocycles. The van der Waals surface area contributed by atoms with Gasteiger partial charge in [0.05, 0.1) is 17.4 Å². The van der Waals surface area contributed by atoms with E-state index in [0.717, 1.165) is 55.7 Å². The number of fused-ring (bicyclic) bond motifs is 1. The number of rotatable bonds is 10. The van der Waals surface area contributed by atoms with Gasteiger partial charge in [-0.25, -0.2) is 9.78 Å². The first-order valence-corrected chi connectivity index (χ1v) is 12.2. The lowest BCUT2D eigenvalue weighted by atomic mass is 9.79. The number of carbonyl (C=O) groups excluding carboxylic acids is 1. The molecule has 2 aromatic heterocycles. The molecule has 0 bridgehead atoms. The number of pyridine rings is 2. The number of carbonyl (C=O) groups is 2. The molecule has 3 N–H and O–H groups in total. The van der Waals surface area contributed by atoms with Crippen LogP contribution in [0.3, 0.4) is 0 Å². The van der Waals surface area contributed by atoms with E-state index >= 15 is 0 Å². The standard InChI is InChI=1S/C26H34N4O4/c1-16-9-12-27-17(2)23(16)25(31)30-22(26(32)33)10-13-34-21-14-18(15-21)5-7-20-8-6-19-4-3-11-28-24(19)29-20/h6,8-9,12,18,21-22H,3-5,7,10-11,13-15H2,1-2H3,(H,28,29)(H,30,31)(H,32,33)/t18?,21?,22-/m1/s1. The number of hydrogen-bond acceptors (Lipinski definition) is 6. The second kappa shape index (κ2) is 11.0. The molecular weight excluding hydrogens is 432 g/mol. The summed E-state index contributed by atoms with van der Waals surface area (Å²) in [6, 6.07) is 5.09. The normalized spacial score (nSPS) is 19.9. The fourth-order valence-corrected chi connectivity index (χ4v) is 4.78. The molecule has 8 nitrogen and oxygen atoms in total. The number of aryl methyl sites for hydroxylation is 4. The number of aromatic nitrogens is 2. The third kappa shape index (κ3) is 5.91. The molecule has 0 saturated heterocycles. The number of hydrogen-bond donors (Lipinski definition) is 3. The van der Waals surface area contributed by atoms with Crippen LogP contribution in [-0.4, -0.2) is 52.2 Å². The number of carboxylic acid groups (broad SMARTS) is 1. The van der Waals surface area contributed by atoms with Gasteiger partial charge in [-0.05, 0) is 81.5 Å². The molecule has 0 spiro atoms. The van der Waals surface area contributed by atoms with E-state index in [1.54, 1.807) is 19.2 Å². The third-order valence-electron chi connectivity index (χ3n) is 6.89. The van der Waals surface area contributed by atoms with E-state index < -0.39 is 17.9 Å². The molecule has 3 heterocycles. The minimum absolute atomic E-state index is 0.163. The summed E-state index contributed by atoms with van der Waals surface area (Å²) in [6.07, 6.45) is 8.32. The largest absolute Gasteiger partial charge is 0.480 e. The second-order valence-corrected chi connectivity index (χ2v) is 9.45. The van der Waals surface area contributed by atoms with Gasteiger partial charge in [0.15, 0.2) is 0 Å². The lowest BCUT2D eigenvalue weighted by Gasteiger charge is -2.35. The van der Waals surface area contributed by atoms with Gasteiger partial charge in [0, 0.05) is 31.5 Å². The summed E-state index contributed by atoms with van der Waals surface area (Å²) >= 11 is 0. The van der Waals surface area contributed by atoms with Crippen molar-refractivity contribution in [2.24, 2.45) is 5.92 Å². The van der Waals surface area contributed by atoms with Crippen molar-refractivity contribution in [3.63, 3.8) is 0 Å². The lowest BCUT2D eigenvalue weighted by Crippen LogP contribution is -2.42. The zero-order valence-electron chi connectivity index (χ0n) is 20.0. The summed E-state index contributed by atoms with van der Waals surface area (Å²) in [7, 11) is 0. The summed E-state index contributed by atoms with van der Waals surface area (Å²) in [5.41, 5.74) is 4.24. The fraction of sp³-hybridized carbons (Fsp3) is 0.538. The van der Waals surface area contributed by atoms with Crippen LogP contribution in [0.4, 0.5) is 5.82 Å². The highest BCUT2D eigenvalue weighted by Gasteiger charge is 2.30. The monoisotopic (exact) mass is 466 g/mol.